The molecule has 0 aromatic heterocycles. The number of carbonyl (C=O) groups is 1. The minimum absolute atomic E-state index is 0.0936. The molecule has 5 unspecified atom stereocenters. The number of rotatable bonds is 6. The van der Waals surface area contributed by atoms with Crippen LogP contribution in [0.25, 0.3) is 0 Å². The Morgan fingerprint density at radius 3 is 2.45 bits per heavy atom. The highest BCUT2D eigenvalue weighted by Gasteiger charge is 2.44. The third-order valence-corrected chi connectivity index (χ3v) is 3.46. The number of hydrogen-bond acceptors (Lipinski definition) is 7. The van der Waals surface area contributed by atoms with E-state index >= 15 is 0 Å². The van der Waals surface area contributed by atoms with E-state index in [0.717, 1.165) is 0 Å². The van der Waals surface area contributed by atoms with Crippen LogP contribution in [-0.2, 0) is 23.7 Å². The van der Waals surface area contributed by atoms with Crippen LogP contribution in [0.1, 0.15) is 26.7 Å². The summed E-state index contributed by atoms with van der Waals surface area (Å²) in [7, 11) is 2.71. The Labute approximate surface area is 118 Å². The minimum Gasteiger partial charge on any atom is -0.469 e. The maximum Gasteiger partial charge on any atom is 0.308 e. The van der Waals surface area contributed by atoms with Gasteiger partial charge in [0, 0.05) is 7.11 Å². The fourth-order valence-electron chi connectivity index (χ4n) is 2.11. The lowest BCUT2D eigenvalue weighted by Gasteiger charge is -2.41. The van der Waals surface area contributed by atoms with E-state index in [-0.39, 0.29) is 12.4 Å². The van der Waals surface area contributed by atoms with Crippen LogP contribution in [0.2, 0.25) is 0 Å². The molecule has 118 valence electrons. The van der Waals surface area contributed by atoms with Crippen LogP contribution in [0.4, 0.5) is 0 Å². The van der Waals surface area contributed by atoms with Crippen molar-refractivity contribution in [1.29, 1.82) is 0 Å². The average molecular weight is 292 g/mol. The average Bonchev–Trinajstić information content (AvgIpc) is 2.44. The lowest BCUT2D eigenvalue weighted by atomic mass is 9.99. The van der Waals surface area contributed by atoms with Gasteiger partial charge in [-0.1, -0.05) is 6.92 Å². The molecule has 0 bridgehead atoms. The first-order valence-electron chi connectivity index (χ1n) is 6.71. The van der Waals surface area contributed by atoms with Gasteiger partial charge in [-0.15, -0.1) is 0 Å². The summed E-state index contributed by atoms with van der Waals surface area (Å²) in [6, 6.07) is 0. The Morgan fingerprint density at radius 1 is 1.30 bits per heavy atom. The molecule has 1 aliphatic heterocycles. The van der Waals surface area contributed by atoms with Crippen LogP contribution < -0.4 is 0 Å². The highest BCUT2D eigenvalue weighted by atomic mass is 16.7. The smallest absolute Gasteiger partial charge is 0.308 e. The third-order valence-electron chi connectivity index (χ3n) is 3.46. The number of hydrogen-bond donors (Lipinski definition) is 2. The zero-order valence-electron chi connectivity index (χ0n) is 12.3. The van der Waals surface area contributed by atoms with Crippen LogP contribution in [0, 0.1) is 0 Å². The molecule has 1 aliphatic rings. The van der Waals surface area contributed by atoms with Crippen molar-refractivity contribution >= 4 is 5.97 Å². The maximum absolute atomic E-state index is 11.3. The fraction of sp³-hybridized carbons (Fsp3) is 0.923. The van der Waals surface area contributed by atoms with E-state index in [1.807, 2.05) is 6.92 Å². The second-order valence-electron chi connectivity index (χ2n) is 4.84. The summed E-state index contributed by atoms with van der Waals surface area (Å²) < 4.78 is 20.9. The number of aliphatic hydroxyl groups is 2. The van der Waals surface area contributed by atoms with E-state index < -0.39 is 36.8 Å². The molecule has 0 saturated carbocycles. The van der Waals surface area contributed by atoms with Crippen molar-refractivity contribution in [2.24, 2.45) is 0 Å². The van der Waals surface area contributed by atoms with Crippen LogP contribution in [-0.4, -0.2) is 67.2 Å². The van der Waals surface area contributed by atoms with Crippen molar-refractivity contribution in [3.8, 4) is 0 Å². The van der Waals surface area contributed by atoms with E-state index in [0.29, 0.717) is 6.42 Å². The van der Waals surface area contributed by atoms with E-state index in [9.17, 15) is 15.0 Å². The van der Waals surface area contributed by atoms with E-state index in [4.69, 9.17) is 14.2 Å². The largest absolute Gasteiger partial charge is 0.469 e. The molecule has 2 N–H and O–H groups in total. The van der Waals surface area contributed by atoms with Gasteiger partial charge in [0.15, 0.2) is 6.29 Å². The van der Waals surface area contributed by atoms with Gasteiger partial charge in [0.25, 0.3) is 0 Å². The first kappa shape index (κ1) is 17.3. The molecule has 1 heterocycles. The normalized spacial score (nSPS) is 35.6. The SMILES string of the molecule is CC[C@H](CC(=O)OC)OC1OC(C)C(O)C(O)C1OC. The second kappa shape index (κ2) is 7.90. The Bertz CT molecular complexity index is 309. The van der Waals surface area contributed by atoms with E-state index in [1.165, 1.54) is 14.2 Å². The van der Waals surface area contributed by atoms with Crippen LogP contribution in [0.5, 0.6) is 0 Å². The summed E-state index contributed by atoms with van der Waals surface area (Å²) >= 11 is 0. The molecule has 1 saturated heterocycles. The lowest BCUT2D eigenvalue weighted by Crippen LogP contribution is -2.58. The molecule has 7 nitrogen and oxygen atoms in total. The van der Waals surface area contributed by atoms with Gasteiger partial charge in [-0.3, -0.25) is 4.79 Å². The molecule has 1 fully saturated rings. The number of esters is 1. The Morgan fingerprint density at radius 2 is 1.95 bits per heavy atom. The van der Waals surface area contributed by atoms with Gasteiger partial charge in [-0.25, -0.2) is 0 Å². The van der Waals surface area contributed by atoms with Gasteiger partial charge in [-0.2, -0.15) is 0 Å². The van der Waals surface area contributed by atoms with Crippen molar-refractivity contribution in [1.82, 2.24) is 0 Å². The molecule has 0 aliphatic carbocycles. The Balaban J connectivity index is 2.69. The van der Waals surface area contributed by atoms with Crippen molar-refractivity contribution in [3.63, 3.8) is 0 Å². The number of ether oxygens (including phenoxy) is 4. The second-order valence-corrected chi connectivity index (χ2v) is 4.84. The third kappa shape index (κ3) is 4.13. The van der Waals surface area contributed by atoms with E-state index in [2.05, 4.69) is 4.74 Å². The van der Waals surface area contributed by atoms with Gasteiger partial charge >= 0.3 is 5.97 Å². The number of carbonyl (C=O) groups excluding carboxylic acids is 1. The Hall–Kier alpha value is -0.730. The molecule has 6 atom stereocenters. The predicted molar refractivity (Wildman–Crippen MR) is 68.9 cm³/mol. The van der Waals surface area contributed by atoms with Gasteiger partial charge in [-0.05, 0) is 13.3 Å². The monoisotopic (exact) mass is 292 g/mol. The first-order chi connectivity index (χ1) is 9.44. The molecule has 1 rings (SSSR count). The molecule has 0 amide bonds. The van der Waals surface area contributed by atoms with Crippen molar-refractivity contribution in [3.05, 3.63) is 0 Å². The zero-order chi connectivity index (χ0) is 15.3. The van der Waals surface area contributed by atoms with E-state index in [1.54, 1.807) is 6.92 Å². The molecule has 0 aromatic carbocycles. The lowest BCUT2D eigenvalue weighted by molar-refractivity contribution is -0.308. The molecule has 0 aromatic rings. The van der Waals surface area contributed by atoms with Crippen molar-refractivity contribution < 1.29 is 34.0 Å². The summed E-state index contributed by atoms with van der Waals surface area (Å²) in [5.41, 5.74) is 0. The first-order valence-corrected chi connectivity index (χ1v) is 6.71. The summed E-state index contributed by atoms with van der Waals surface area (Å²) in [6.07, 6.45) is -4.12. The summed E-state index contributed by atoms with van der Waals surface area (Å²) in [5, 5.41) is 19.7. The number of aliphatic hydroxyl groups excluding tert-OH is 2. The highest BCUT2D eigenvalue weighted by molar-refractivity contribution is 5.69. The van der Waals surface area contributed by atoms with Crippen molar-refractivity contribution in [2.75, 3.05) is 14.2 Å². The zero-order valence-corrected chi connectivity index (χ0v) is 12.3. The standard InChI is InChI=1S/C13H24O7/c1-5-8(6-9(14)17-3)20-13-12(18-4)11(16)10(15)7(2)19-13/h7-8,10-13,15-16H,5-6H2,1-4H3/t7?,8-,10?,11?,12?,13?/m1/s1. The van der Waals surface area contributed by atoms with Gasteiger partial charge < -0.3 is 29.2 Å². The summed E-state index contributed by atoms with van der Waals surface area (Å²) in [4.78, 5) is 11.3. The van der Waals surface area contributed by atoms with Gasteiger partial charge in [0.05, 0.1) is 25.7 Å². The quantitative estimate of drug-likeness (QED) is 0.656. The predicted octanol–water partition coefficient (Wildman–Crippen LogP) is -0.174. The molecular formula is C13H24O7. The molecule has 7 heteroatoms. The molecule has 0 radical (unpaired) electrons. The van der Waals surface area contributed by atoms with Crippen LogP contribution in [0.15, 0.2) is 0 Å². The molecular weight excluding hydrogens is 268 g/mol. The highest BCUT2D eigenvalue weighted by Crippen LogP contribution is 2.25. The van der Waals surface area contributed by atoms with Crippen LogP contribution >= 0.6 is 0 Å². The summed E-state index contributed by atoms with van der Waals surface area (Å²) in [5.74, 6) is -0.379. The Kier molecular flexibility index (Phi) is 6.84. The van der Waals surface area contributed by atoms with Crippen LogP contribution in [0.3, 0.4) is 0 Å². The van der Waals surface area contributed by atoms with Gasteiger partial charge in [0.1, 0.15) is 18.3 Å². The number of methoxy groups -OCH3 is 2. The molecule has 20 heavy (non-hydrogen) atoms. The van der Waals surface area contributed by atoms with Gasteiger partial charge in [0.2, 0.25) is 0 Å². The van der Waals surface area contributed by atoms with Crippen molar-refractivity contribution in [2.45, 2.75) is 63.5 Å². The topological polar surface area (TPSA) is 94.5 Å². The molecule has 0 spiro atoms. The maximum atomic E-state index is 11.3. The summed E-state index contributed by atoms with van der Waals surface area (Å²) in [6.45, 7) is 3.50. The minimum atomic E-state index is -1.11. The fourth-order valence-corrected chi connectivity index (χ4v) is 2.11.